The normalized spacial score (nSPS) is 11.3. The molecule has 1 heteroatoms. The number of para-hydroxylation sites is 2. The van der Waals surface area contributed by atoms with Gasteiger partial charge in [0.15, 0.2) is 0 Å². The molecule has 0 amide bonds. The van der Waals surface area contributed by atoms with Gasteiger partial charge in [-0.1, -0.05) is 109 Å². The van der Waals surface area contributed by atoms with Crippen LogP contribution in [0.1, 0.15) is 5.56 Å². The number of rotatable bonds is 3. The van der Waals surface area contributed by atoms with Gasteiger partial charge in [0.1, 0.15) is 11.2 Å². The van der Waals surface area contributed by atoms with Crippen LogP contribution in [0.5, 0.6) is 0 Å². The summed E-state index contributed by atoms with van der Waals surface area (Å²) in [5.41, 5.74) is 10.3. The predicted molar refractivity (Wildman–Crippen MR) is 135 cm³/mol. The maximum atomic E-state index is 6.38. The van der Waals surface area contributed by atoms with E-state index in [4.69, 9.17) is 4.42 Å². The van der Waals surface area contributed by atoms with Crippen molar-refractivity contribution in [1.82, 2.24) is 0 Å². The van der Waals surface area contributed by atoms with Crippen molar-refractivity contribution in [3.8, 4) is 33.4 Å². The van der Waals surface area contributed by atoms with E-state index in [0.717, 1.165) is 27.9 Å². The third-order valence-corrected chi connectivity index (χ3v) is 6.22. The zero-order valence-electron chi connectivity index (χ0n) is 17.9. The number of fused-ring (bicyclic) bond motifs is 3. The molecule has 0 saturated carbocycles. The van der Waals surface area contributed by atoms with Crippen molar-refractivity contribution < 1.29 is 4.42 Å². The Bertz CT molecular complexity index is 1550. The summed E-state index contributed by atoms with van der Waals surface area (Å²) >= 11 is 0. The Morgan fingerprint density at radius 1 is 0.438 bits per heavy atom. The van der Waals surface area contributed by atoms with Crippen molar-refractivity contribution in [3.63, 3.8) is 0 Å². The zero-order valence-corrected chi connectivity index (χ0v) is 17.9. The van der Waals surface area contributed by atoms with E-state index in [9.17, 15) is 0 Å². The lowest BCUT2D eigenvalue weighted by atomic mass is 9.96. The molecule has 6 aromatic rings. The van der Waals surface area contributed by atoms with Gasteiger partial charge in [-0.3, -0.25) is 0 Å². The molecule has 1 heterocycles. The molecular weight excluding hydrogens is 388 g/mol. The van der Waals surface area contributed by atoms with Gasteiger partial charge in [-0.2, -0.15) is 0 Å². The first-order chi connectivity index (χ1) is 15.8. The van der Waals surface area contributed by atoms with Gasteiger partial charge in [0, 0.05) is 16.3 Å². The maximum absolute atomic E-state index is 6.38. The Morgan fingerprint density at radius 2 is 1.00 bits per heavy atom. The van der Waals surface area contributed by atoms with Gasteiger partial charge in [0.2, 0.25) is 0 Å². The number of hydrogen-bond acceptors (Lipinski definition) is 1. The molecular formula is C31H22O. The van der Waals surface area contributed by atoms with Crippen molar-refractivity contribution >= 4 is 21.9 Å². The van der Waals surface area contributed by atoms with Crippen LogP contribution in [0.25, 0.3) is 55.3 Å². The van der Waals surface area contributed by atoms with Crippen LogP contribution >= 0.6 is 0 Å². The van der Waals surface area contributed by atoms with Gasteiger partial charge in [-0.25, -0.2) is 0 Å². The Balaban J connectivity index is 1.44. The molecule has 0 aliphatic rings. The highest BCUT2D eigenvalue weighted by Gasteiger charge is 2.13. The van der Waals surface area contributed by atoms with E-state index in [1.54, 1.807) is 0 Å². The molecule has 0 fully saturated rings. The highest BCUT2D eigenvalue weighted by molar-refractivity contribution is 6.10. The first-order valence-corrected chi connectivity index (χ1v) is 10.9. The molecule has 1 aromatic heterocycles. The SMILES string of the molecule is Cc1cccc2c1oc1c(-c3cccc(-c4ccc(-c5ccccc5)cc4)c3)cccc12. The average Bonchev–Trinajstić information content (AvgIpc) is 3.25. The van der Waals surface area contributed by atoms with E-state index in [1.165, 1.54) is 33.0 Å². The molecule has 6 rings (SSSR count). The minimum absolute atomic E-state index is 0.952. The Morgan fingerprint density at radius 3 is 1.78 bits per heavy atom. The van der Waals surface area contributed by atoms with E-state index in [2.05, 4.69) is 116 Å². The number of hydrogen-bond donors (Lipinski definition) is 0. The van der Waals surface area contributed by atoms with Crippen LogP contribution in [-0.2, 0) is 0 Å². The molecule has 32 heavy (non-hydrogen) atoms. The average molecular weight is 411 g/mol. The fraction of sp³-hybridized carbons (Fsp3) is 0.0323. The molecule has 152 valence electrons. The van der Waals surface area contributed by atoms with Crippen LogP contribution in [-0.4, -0.2) is 0 Å². The minimum atomic E-state index is 0.952. The minimum Gasteiger partial charge on any atom is -0.455 e. The zero-order chi connectivity index (χ0) is 21.5. The molecule has 0 aliphatic carbocycles. The second-order valence-corrected chi connectivity index (χ2v) is 8.26. The number of furan rings is 1. The monoisotopic (exact) mass is 410 g/mol. The van der Waals surface area contributed by atoms with Crippen molar-refractivity contribution in [2.75, 3.05) is 0 Å². The molecule has 1 nitrogen and oxygen atoms in total. The van der Waals surface area contributed by atoms with Crippen LogP contribution in [0.3, 0.4) is 0 Å². The highest BCUT2D eigenvalue weighted by Crippen LogP contribution is 2.38. The van der Waals surface area contributed by atoms with Crippen molar-refractivity contribution in [1.29, 1.82) is 0 Å². The molecule has 0 bridgehead atoms. The Hall–Kier alpha value is -4.10. The van der Waals surface area contributed by atoms with Crippen LogP contribution in [0.4, 0.5) is 0 Å². The van der Waals surface area contributed by atoms with Gasteiger partial charge in [0.05, 0.1) is 0 Å². The second kappa shape index (κ2) is 7.55. The standard InChI is InChI=1S/C31H22O/c1-21-8-5-14-28-29-15-7-13-27(31(29)32-30(21)28)26-12-6-11-25(20-26)24-18-16-23(17-19-24)22-9-3-2-4-10-22/h2-20H,1H3. The molecule has 0 atom stereocenters. The number of aryl methyl sites for hydroxylation is 1. The Labute approximate surface area is 187 Å². The van der Waals surface area contributed by atoms with Crippen LogP contribution in [0.15, 0.2) is 120 Å². The topological polar surface area (TPSA) is 13.1 Å². The van der Waals surface area contributed by atoms with E-state index < -0.39 is 0 Å². The lowest BCUT2D eigenvalue weighted by Crippen LogP contribution is -1.83. The number of benzene rings is 5. The fourth-order valence-electron chi connectivity index (χ4n) is 4.54. The second-order valence-electron chi connectivity index (χ2n) is 8.26. The maximum Gasteiger partial charge on any atom is 0.143 e. The molecule has 0 N–H and O–H groups in total. The molecule has 0 saturated heterocycles. The molecule has 0 spiro atoms. The third-order valence-electron chi connectivity index (χ3n) is 6.22. The summed E-state index contributed by atoms with van der Waals surface area (Å²) in [7, 11) is 0. The highest BCUT2D eigenvalue weighted by atomic mass is 16.3. The van der Waals surface area contributed by atoms with Gasteiger partial charge < -0.3 is 4.42 Å². The first kappa shape index (κ1) is 18.7. The summed E-state index contributed by atoms with van der Waals surface area (Å²) in [4.78, 5) is 0. The molecule has 5 aromatic carbocycles. The van der Waals surface area contributed by atoms with Gasteiger partial charge in [0.25, 0.3) is 0 Å². The lowest BCUT2D eigenvalue weighted by molar-refractivity contribution is 0.667. The van der Waals surface area contributed by atoms with E-state index >= 15 is 0 Å². The predicted octanol–water partition coefficient (Wildman–Crippen LogP) is 8.90. The van der Waals surface area contributed by atoms with E-state index in [1.807, 2.05) is 6.07 Å². The van der Waals surface area contributed by atoms with Crippen LogP contribution in [0, 0.1) is 6.92 Å². The van der Waals surface area contributed by atoms with Gasteiger partial charge in [-0.15, -0.1) is 0 Å². The van der Waals surface area contributed by atoms with Crippen LogP contribution < -0.4 is 0 Å². The van der Waals surface area contributed by atoms with Gasteiger partial charge >= 0.3 is 0 Å². The summed E-state index contributed by atoms with van der Waals surface area (Å²) in [6.07, 6.45) is 0. The fourth-order valence-corrected chi connectivity index (χ4v) is 4.54. The van der Waals surface area contributed by atoms with E-state index in [0.29, 0.717) is 0 Å². The summed E-state index contributed by atoms with van der Waals surface area (Å²) in [6.45, 7) is 2.10. The van der Waals surface area contributed by atoms with Crippen molar-refractivity contribution in [2.45, 2.75) is 6.92 Å². The van der Waals surface area contributed by atoms with Crippen molar-refractivity contribution in [3.05, 3.63) is 121 Å². The lowest BCUT2D eigenvalue weighted by Gasteiger charge is -2.08. The third kappa shape index (κ3) is 3.11. The summed E-state index contributed by atoms with van der Waals surface area (Å²) in [6, 6.07) is 40.8. The van der Waals surface area contributed by atoms with Gasteiger partial charge in [-0.05, 0) is 46.4 Å². The van der Waals surface area contributed by atoms with Crippen LogP contribution in [0.2, 0.25) is 0 Å². The quantitative estimate of drug-likeness (QED) is 0.284. The summed E-state index contributed by atoms with van der Waals surface area (Å²) < 4.78 is 6.38. The molecule has 0 unspecified atom stereocenters. The Kier molecular flexibility index (Phi) is 4.40. The van der Waals surface area contributed by atoms with E-state index in [-0.39, 0.29) is 0 Å². The molecule has 0 aliphatic heterocycles. The smallest absolute Gasteiger partial charge is 0.143 e. The molecule has 0 radical (unpaired) electrons. The summed E-state index contributed by atoms with van der Waals surface area (Å²) in [5.74, 6) is 0. The first-order valence-electron chi connectivity index (χ1n) is 10.9. The largest absolute Gasteiger partial charge is 0.455 e. The van der Waals surface area contributed by atoms with Crippen molar-refractivity contribution in [2.24, 2.45) is 0 Å². The summed E-state index contributed by atoms with van der Waals surface area (Å²) in [5, 5.41) is 2.34.